The molecule has 1 rings (SSSR count). The SMILES string of the molecule is CCNC(CC)CCCSc1cccc(Br)c1. The van der Waals surface area contributed by atoms with Gasteiger partial charge in [0.15, 0.2) is 0 Å². The smallest absolute Gasteiger partial charge is 0.0186 e. The van der Waals surface area contributed by atoms with Crippen LogP contribution in [0.4, 0.5) is 0 Å². The number of nitrogens with one attached hydrogen (secondary N) is 1. The third-order valence-electron chi connectivity index (χ3n) is 2.75. The number of hydrogen-bond donors (Lipinski definition) is 1. The minimum atomic E-state index is 0.697. The van der Waals surface area contributed by atoms with E-state index in [-0.39, 0.29) is 0 Å². The molecule has 0 heterocycles. The van der Waals surface area contributed by atoms with Crippen molar-refractivity contribution in [3.63, 3.8) is 0 Å². The van der Waals surface area contributed by atoms with Crippen LogP contribution in [0.1, 0.15) is 33.1 Å². The van der Waals surface area contributed by atoms with Gasteiger partial charge in [-0.15, -0.1) is 11.8 Å². The zero-order valence-electron chi connectivity index (χ0n) is 10.7. The third-order valence-corrected chi connectivity index (χ3v) is 4.32. The van der Waals surface area contributed by atoms with E-state index in [0.29, 0.717) is 6.04 Å². The van der Waals surface area contributed by atoms with Crippen LogP contribution in [0.25, 0.3) is 0 Å². The number of rotatable bonds is 8. The molecule has 1 atom stereocenters. The molecule has 0 amide bonds. The van der Waals surface area contributed by atoms with Crippen molar-refractivity contribution in [1.29, 1.82) is 0 Å². The lowest BCUT2D eigenvalue weighted by Gasteiger charge is -2.15. The van der Waals surface area contributed by atoms with Gasteiger partial charge in [0.2, 0.25) is 0 Å². The molecule has 96 valence electrons. The standard InChI is InChI=1S/C14H22BrNS/c1-3-13(16-4-2)8-6-10-17-14-9-5-7-12(15)11-14/h5,7,9,11,13,16H,3-4,6,8,10H2,1-2H3. The van der Waals surface area contributed by atoms with Crippen molar-refractivity contribution in [2.75, 3.05) is 12.3 Å². The van der Waals surface area contributed by atoms with Crippen molar-refractivity contribution in [2.45, 2.75) is 44.0 Å². The molecule has 0 aromatic heterocycles. The second-order valence-electron chi connectivity index (χ2n) is 4.11. The lowest BCUT2D eigenvalue weighted by Crippen LogP contribution is -2.28. The van der Waals surface area contributed by atoms with Gasteiger partial charge in [-0.1, -0.05) is 35.8 Å². The molecule has 3 heteroatoms. The van der Waals surface area contributed by atoms with Gasteiger partial charge in [-0.2, -0.15) is 0 Å². The van der Waals surface area contributed by atoms with Crippen LogP contribution in [0, 0.1) is 0 Å². The van der Waals surface area contributed by atoms with E-state index >= 15 is 0 Å². The highest BCUT2D eigenvalue weighted by molar-refractivity contribution is 9.10. The summed E-state index contributed by atoms with van der Waals surface area (Å²) in [6, 6.07) is 9.23. The molecular formula is C14H22BrNS. The van der Waals surface area contributed by atoms with E-state index in [0.717, 1.165) is 6.54 Å². The summed E-state index contributed by atoms with van der Waals surface area (Å²) in [6.45, 7) is 5.52. The number of benzene rings is 1. The van der Waals surface area contributed by atoms with Crippen LogP contribution in [0.2, 0.25) is 0 Å². The molecule has 0 aliphatic carbocycles. The zero-order valence-corrected chi connectivity index (χ0v) is 13.1. The van der Waals surface area contributed by atoms with Crippen molar-refractivity contribution in [3.8, 4) is 0 Å². The Bertz CT molecular complexity index is 317. The largest absolute Gasteiger partial charge is 0.314 e. The van der Waals surface area contributed by atoms with E-state index < -0.39 is 0 Å². The first kappa shape index (κ1) is 15.1. The Hall–Kier alpha value is 0.01000. The molecule has 0 aliphatic heterocycles. The quantitative estimate of drug-likeness (QED) is 0.551. The third kappa shape index (κ3) is 6.49. The van der Waals surface area contributed by atoms with Gasteiger partial charge in [-0.25, -0.2) is 0 Å². The summed E-state index contributed by atoms with van der Waals surface area (Å²) in [5, 5.41) is 3.52. The molecule has 1 nitrogen and oxygen atoms in total. The van der Waals surface area contributed by atoms with Crippen molar-refractivity contribution >= 4 is 27.7 Å². The highest BCUT2D eigenvalue weighted by Crippen LogP contribution is 2.23. The molecule has 1 aromatic rings. The maximum absolute atomic E-state index is 3.52. The van der Waals surface area contributed by atoms with E-state index in [9.17, 15) is 0 Å². The molecule has 17 heavy (non-hydrogen) atoms. The van der Waals surface area contributed by atoms with Crippen LogP contribution in [-0.2, 0) is 0 Å². The molecule has 0 spiro atoms. The van der Waals surface area contributed by atoms with Gasteiger partial charge >= 0.3 is 0 Å². The minimum Gasteiger partial charge on any atom is -0.314 e. The van der Waals surface area contributed by atoms with Gasteiger partial charge in [-0.3, -0.25) is 0 Å². The summed E-state index contributed by atoms with van der Waals surface area (Å²) in [5.74, 6) is 1.21. The average molecular weight is 316 g/mol. The molecule has 0 saturated carbocycles. The first-order chi connectivity index (χ1) is 8.26. The summed E-state index contributed by atoms with van der Waals surface area (Å²) >= 11 is 5.45. The Kier molecular flexibility index (Phi) is 7.99. The van der Waals surface area contributed by atoms with Crippen LogP contribution in [0.15, 0.2) is 33.6 Å². The minimum absolute atomic E-state index is 0.697. The van der Waals surface area contributed by atoms with E-state index in [4.69, 9.17) is 0 Å². The van der Waals surface area contributed by atoms with Gasteiger partial charge in [0, 0.05) is 15.4 Å². The molecule has 1 N–H and O–H groups in total. The predicted molar refractivity (Wildman–Crippen MR) is 81.9 cm³/mol. The summed E-state index contributed by atoms with van der Waals surface area (Å²) in [5.41, 5.74) is 0. The van der Waals surface area contributed by atoms with Crippen LogP contribution in [-0.4, -0.2) is 18.3 Å². The molecule has 0 bridgehead atoms. The Balaban J connectivity index is 2.19. The zero-order chi connectivity index (χ0) is 12.5. The molecule has 1 unspecified atom stereocenters. The second kappa shape index (κ2) is 9.01. The Morgan fingerprint density at radius 1 is 1.35 bits per heavy atom. The first-order valence-corrected chi connectivity index (χ1v) is 8.15. The maximum Gasteiger partial charge on any atom is 0.0186 e. The van der Waals surface area contributed by atoms with E-state index in [1.54, 1.807) is 0 Å². The summed E-state index contributed by atoms with van der Waals surface area (Å²) in [4.78, 5) is 1.36. The number of halogens is 1. The van der Waals surface area contributed by atoms with Gasteiger partial charge in [-0.05, 0) is 49.8 Å². The normalized spacial score (nSPS) is 12.6. The van der Waals surface area contributed by atoms with Gasteiger partial charge in [0.1, 0.15) is 0 Å². The van der Waals surface area contributed by atoms with Crippen LogP contribution in [0.3, 0.4) is 0 Å². The van der Waals surface area contributed by atoms with E-state index in [1.165, 1.54) is 34.4 Å². The molecule has 0 aliphatic rings. The fraction of sp³-hybridized carbons (Fsp3) is 0.571. The Morgan fingerprint density at radius 2 is 2.18 bits per heavy atom. The topological polar surface area (TPSA) is 12.0 Å². The van der Waals surface area contributed by atoms with Gasteiger partial charge in [0.05, 0.1) is 0 Å². The van der Waals surface area contributed by atoms with Crippen LogP contribution in [0.5, 0.6) is 0 Å². The van der Waals surface area contributed by atoms with E-state index in [1.807, 2.05) is 11.8 Å². The molecular weight excluding hydrogens is 294 g/mol. The van der Waals surface area contributed by atoms with Crippen molar-refractivity contribution in [2.24, 2.45) is 0 Å². The Morgan fingerprint density at radius 3 is 2.82 bits per heavy atom. The highest BCUT2D eigenvalue weighted by atomic mass is 79.9. The molecule has 1 aromatic carbocycles. The number of thioether (sulfide) groups is 1. The lowest BCUT2D eigenvalue weighted by atomic mass is 10.1. The summed E-state index contributed by atoms with van der Waals surface area (Å²) in [7, 11) is 0. The average Bonchev–Trinajstić information content (AvgIpc) is 2.33. The first-order valence-electron chi connectivity index (χ1n) is 6.38. The Labute approximate surface area is 118 Å². The van der Waals surface area contributed by atoms with Crippen molar-refractivity contribution in [1.82, 2.24) is 5.32 Å². The second-order valence-corrected chi connectivity index (χ2v) is 6.19. The predicted octanol–water partition coefficient (Wildman–Crippen LogP) is 4.71. The van der Waals surface area contributed by atoms with Crippen LogP contribution < -0.4 is 5.32 Å². The monoisotopic (exact) mass is 315 g/mol. The van der Waals surface area contributed by atoms with E-state index in [2.05, 4.69) is 59.4 Å². The molecule has 0 saturated heterocycles. The number of hydrogen-bond acceptors (Lipinski definition) is 2. The van der Waals surface area contributed by atoms with Gasteiger partial charge < -0.3 is 5.32 Å². The maximum atomic E-state index is 3.52. The lowest BCUT2D eigenvalue weighted by molar-refractivity contribution is 0.477. The van der Waals surface area contributed by atoms with Gasteiger partial charge in [0.25, 0.3) is 0 Å². The van der Waals surface area contributed by atoms with Crippen molar-refractivity contribution in [3.05, 3.63) is 28.7 Å². The molecule has 0 radical (unpaired) electrons. The summed E-state index contributed by atoms with van der Waals surface area (Å²) in [6.07, 6.45) is 3.80. The summed E-state index contributed by atoms with van der Waals surface area (Å²) < 4.78 is 1.17. The highest BCUT2D eigenvalue weighted by Gasteiger charge is 2.03. The molecule has 0 fully saturated rings. The fourth-order valence-electron chi connectivity index (χ4n) is 1.82. The van der Waals surface area contributed by atoms with Crippen molar-refractivity contribution < 1.29 is 0 Å². The van der Waals surface area contributed by atoms with Crippen LogP contribution >= 0.6 is 27.7 Å². The fourth-order valence-corrected chi connectivity index (χ4v) is 3.30.